The fourth-order valence-corrected chi connectivity index (χ4v) is 2.94. The summed E-state index contributed by atoms with van der Waals surface area (Å²) in [6, 6.07) is 4.13. The van der Waals surface area contributed by atoms with Gasteiger partial charge in [-0.1, -0.05) is 6.92 Å². The number of carbonyl (C=O) groups is 2. The maximum atomic E-state index is 12.4. The number of nitro benzene ring substituents is 1. The summed E-state index contributed by atoms with van der Waals surface area (Å²) in [5, 5.41) is 11.2. The molecule has 0 aromatic heterocycles. The standard InChI is InChI=1S/C18H25N3O5/c1-12-7-9-20(10-8-12)17(22)13(2)26-18(23)14-5-6-15(19(3)4)16(11-14)21(24)25/h5-6,11-13H,7-10H2,1-4H3/t13-/m1/s1. The summed E-state index contributed by atoms with van der Waals surface area (Å²) < 4.78 is 5.25. The lowest BCUT2D eigenvalue weighted by molar-refractivity contribution is -0.384. The quantitative estimate of drug-likeness (QED) is 0.453. The summed E-state index contributed by atoms with van der Waals surface area (Å²) in [5.74, 6) is -0.387. The minimum Gasteiger partial charge on any atom is -0.449 e. The number of carbonyl (C=O) groups excluding carboxylic acids is 2. The average Bonchev–Trinajstić information content (AvgIpc) is 2.60. The van der Waals surface area contributed by atoms with Gasteiger partial charge in [0.05, 0.1) is 10.5 Å². The molecule has 1 amide bonds. The van der Waals surface area contributed by atoms with E-state index in [2.05, 4.69) is 6.92 Å². The molecule has 1 fully saturated rings. The van der Waals surface area contributed by atoms with Crippen LogP contribution in [-0.2, 0) is 9.53 Å². The van der Waals surface area contributed by atoms with Gasteiger partial charge in [0.2, 0.25) is 0 Å². The zero-order chi connectivity index (χ0) is 19.4. The van der Waals surface area contributed by atoms with Crippen LogP contribution in [0.4, 0.5) is 11.4 Å². The van der Waals surface area contributed by atoms with Gasteiger partial charge >= 0.3 is 5.97 Å². The minimum absolute atomic E-state index is 0.0502. The molecule has 0 bridgehead atoms. The van der Waals surface area contributed by atoms with E-state index < -0.39 is 17.0 Å². The van der Waals surface area contributed by atoms with Crippen LogP contribution in [0, 0.1) is 16.0 Å². The lowest BCUT2D eigenvalue weighted by atomic mass is 9.99. The van der Waals surface area contributed by atoms with E-state index in [1.165, 1.54) is 25.1 Å². The fourth-order valence-electron chi connectivity index (χ4n) is 2.94. The second-order valence-corrected chi connectivity index (χ2v) is 6.91. The molecule has 1 saturated heterocycles. The molecule has 1 aliphatic rings. The summed E-state index contributed by atoms with van der Waals surface area (Å²) in [5.41, 5.74) is 0.251. The lowest BCUT2D eigenvalue weighted by Crippen LogP contribution is -2.44. The van der Waals surface area contributed by atoms with Crippen LogP contribution in [-0.4, -0.2) is 55.0 Å². The fraction of sp³-hybridized carbons (Fsp3) is 0.556. The van der Waals surface area contributed by atoms with Crippen LogP contribution in [0.3, 0.4) is 0 Å². The van der Waals surface area contributed by atoms with Crippen molar-refractivity contribution in [2.24, 2.45) is 5.92 Å². The van der Waals surface area contributed by atoms with Crippen molar-refractivity contribution in [3.8, 4) is 0 Å². The Bertz CT molecular complexity index is 696. The highest BCUT2D eigenvalue weighted by molar-refractivity contribution is 5.93. The van der Waals surface area contributed by atoms with Gasteiger partial charge in [0.1, 0.15) is 5.69 Å². The Labute approximate surface area is 152 Å². The number of ether oxygens (including phenoxy) is 1. The van der Waals surface area contributed by atoms with Crippen LogP contribution in [0.25, 0.3) is 0 Å². The normalized spacial score (nSPS) is 16.1. The van der Waals surface area contributed by atoms with Crippen molar-refractivity contribution >= 4 is 23.3 Å². The molecule has 0 aliphatic carbocycles. The van der Waals surface area contributed by atoms with Crippen molar-refractivity contribution in [1.82, 2.24) is 4.90 Å². The first kappa shape index (κ1) is 19.7. The van der Waals surface area contributed by atoms with Gasteiger partial charge in [-0.25, -0.2) is 4.79 Å². The molecule has 0 saturated carbocycles. The summed E-state index contributed by atoms with van der Waals surface area (Å²) in [7, 11) is 3.36. The number of piperidine rings is 1. The molecular formula is C18H25N3O5. The number of rotatable bonds is 5. The van der Waals surface area contributed by atoms with E-state index in [1.54, 1.807) is 23.9 Å². The van der Waals surface area contributed by atoms with E-state index in [-0.39, 0.29) is 17.2 Å². The predicted molar refractivity (Wildman–Crippen MR) is 97.3 cm³/mol. The molecule has 2 rings (SSSR count). The number of amides is 1. The third-order valence-electron chi connectivity index (χ3n) is 4.62. The molecule has 1 aromatic carbocycles. The number of anilines is 1. The van der Waals surface area contributed by atoms with Crippen molar-refractivity contribution < 1.29 is 19.2 Å². The smallest absolute Gasteiger partial charge is 0.339 e. The number of hydrogen-bond donors (Lipinski definition) is 0. The summed E-state index contributed by atoms with van der Waals surface area (Å²) in [6.45, 7) is 4.99. The first-order valence-corrected chi connectivity index (χ1v) is 8.66. The van der Waals surface area contributed by atoms with Gasteiger partial charge in [0, 0.05) is 33.3 Å². The van der Waals surface area contributed by atoms with E-state index >= 15 is 0 Å². The molecule has 1 aromatic rings. The monoisotopic (exact) mass is 363 g/mol. The topological polar surface area (TPSA) is 93.0 Å². The second-order valence-electron chi connectivity index (χ2n) is 6.91. The number of esters is 1. The van der Waals surface area contributed by atoms with Crippen molar-refractivity contribution in [3.05, 3.63) is 33.9 Å². The van der Waals surface area contributed by atoms with E-state index in [0.717, 1.165) is 12.8 Å². The molecule has 0 spiro atoms. The predicted octanol–water partition coefficient (Wildman–Crippen LogP) is 2.46. The van der Waals surface area contributed by atoms with Gasteiger partial charge in [0.25, 0.3) is 11.6 Å². The van der Waals surface area contributed by atoms with Gasteiger partial charge in [-0.3, -0.25) is 14.9 Å². The first-order chi connectivity index (χ1) is 12.2. The van der Waals surface area contributed by atoms with Gasteiger partial charge in [-0.05, 0) is 37.8 Å². The van der Waals surface area contributed by atoms with Crippen LogP contribution >= 0.6 is 0 Å². The van der Waals surface area contributed by atoms with Crippen molar-refractivity contribution in [3.63, 3.8) is 0 Å². The number of nitrogens with zero attached hydrogens (tertiary/aromatic N) is 3. The molecular weight excluding hydrogens is 338 g/mol. The third-order valence-corrected chi connectivity index (χ3v) is 4.62. The molecule has 8 nitrogen and oxygen atoms in total. The first-order valence-electron chi connectivity index (χ1n) is 8.66. The largest absolute Gasteiger partial charge is 0.449 e. The van der Waals surface area contributed by atoms with Crippen molar-refractivity contribution in [2.75, 3.05) is 32.1 Å². The molecule has 0 unspecified atom stereocenters. The van der Waals surface area contributed by atoms with Crippen LogP contribution in [0.15, 0.2) is 18.2 Å². The highest BCUT2D eigenvalue weighted by atomic mass is 16.6. The molecule has 1 heterocycles. The molecule has 26 heavy (non-hydrogen) atoms. The van der Waals surface area contributed by atoms with Crippen LogP contribution in [0.5, 0.6) is 0 Å². The number of benzene rings is 1. The van der Waals surface area contributed by atoms with Gasteiger partial charge in [-0.15, -0.1) is 0 Å². The Balaban J connectivity index is 2.08. The summed E-state index contributed by atoms with van der Waals surface area (Å²) in [6.07, 6.45) is 0.943. The maximum absolute atomic E-state index is 12.4. The number of likely N-dealkylation sites (tertiary alicyclic amines) is 1. The van der Waals surface area contributed by atoms with Crippen LogP contribution < -0.4 is 4.90 Å². The molecule has 0 radical (unpaired) electrons. The second kappa shape index (κ2) is 8.16. The van der Waals surface area contributed by atoms with Crippen molar-refractivity contribution in [2.45, 2.75) is 32.8 Å². The highest BCUT2D eigenvalue weighted by Crippen LogP contribution is 2.28. The van der Waals surface area contributed by atoms with Gasteiger partial charge < -0.3 is 14.5 Å². The van der Waals surface area contributed by atoms with E-state index in [4.69, 9.17) is 4.74 Å². The summed E-state index contributed by atoms with van der Waals surface area (Å²) in [4.78, 5) is 38.7. The maximum Gasteiger partial charge on any atom is 0.339 e. The lowest BCUT2D eigenvalue weighted by Gasteiger charge is -2.31. The Kier molecular flexibility index (Phi) is 6.18. The van der Waals surface area contributed by atoms with E-state index in [0.29, 0.717) is 24.7 Å². The molecule has 1 atom stereocenters. The average molecular weight is 363 g/mol. The molecule has 0 N–H and O–H groups in total. The molecule has 142 valence electrons. The molecule has 1 aliphatic heterocycles. The zero-order valence-corrected chi connectivity index (χ0v) is 15.6. The minimum atomic E-state index is -0.927. The van der Waals surface area contributed by atoms with Crippen LogP contribution in [0.1, 0.15) is 37.0 Å². The SMILES string of the molecule is CC1CCN(C(=O)[C@@H](C)OC(=O)c2ccc(N(C)C)c([N+](=O)[O-])c2)CC1. The van der Waals surface area contributed by atoms with E-state index in [1.807, 2.05) is 0 Å². The Morgan fingerprint density at radius 3 is 2.46 bits per heavy atom. The molecule has 8 heteroatoms. The Hall–Kier alpha value is -2.64. The summed E-state index contributed by atoms with van der Waals surface area (Å²) >= 11 is 0. The number of hydrogen-bond acceptors (Lipinski definition) is 6. The number of nitro groups is 1. The van der Waals surface area contributed by atoms with Crippen LogP contribution in [0.2, 0.25) is 0 Å². The highest BCUT2D eigenvalue weighted by Gasteiger charge is 2.28. The zero-order valence-electron chi connectivity index (χ0n) is 15.6. The van der Waals surface area contributed by atoms with Gasteiger partial charge in [0.15, 0.2) is 6.10 Å². The van der Waals surface area contributed by atoms with E-state index in [9.17, 15) is 19.7 Å². The van der Waals surface area contributed by atoms with Crippen molar-refractivity contribution in [1.29, 1.82) is 0 Å². The van der Waals surface area contributed by atoms with Gasteiger partial charge in [-0.2, -0.15) is 0 Å². The Morgan fingerprint density at radius 1 is 1.31 bits per heavy atom. The third kappa shape index (κ3) is 4.50. The Morgan fingerprint density at radius 2 is 1.92 bits per heavy atom.